The van der Waals surface area contributed by atoms with Crippen molar-refractivity contribution in [1.82, 2.24) is 10.3 Å². The Hall–Kier alpha value is -4.07. The molecule has 0 saturated carbocycles. The topological polar surface area (TPSA) is 203 Å². The van der Waals surface area contributed by atoms with Gasteiger partial charge < -0.3 is 46.3 Å². The Morgan fingerprint density at radius 3 is 2.51 bits per heavy atom. The highest BCUT2D eigenvalue weighted by atomic mass is 16.7. The summed E-state index contributed by atoms with van der Waals surface area (Å²) in [6.45, 7) is -0.386. The molecule has 39 heavy (non-hydrogen) atoms. The molecule has 9 N–H and O–H groups in total. The number of carbonyl (C=O) groups is 1. The van der Waals surface area contributed by atoms with E-state index in [-0.39, 0.29) is 18.1 Å². The first kappa shape index (κ1) is 28.0. The number of nitrogens with one attached hydrogen (secondary N) is 3. The number of pyridine rings is 1. The van der Waals surface area contributed by atoms with Crippen LogP contribution < -0.4 is 21.1 Å². The van der Waals surface area contributed by atoms with Crippen molar-refractivity contribution in [2.24, 2.45) is 5.73 Å². The zero-order chi connectivity index (χ0) is 27.9. The van der Waals surface area contributed by atoms with Gasteiger partial charge in [-0.2, -0.15) is 0 Å². The van der Waals surface area contributed by atoms with Crippen LogP contribution in [0.25, 0.3) is 0 Å². The average Bonchev–Trinajstić information content (AvgIpc) is 2.96. The Morgan fingerprint density at radius 1 is 1.05 bits per heavy atom. The summed E-state index contributed by atoms with van der Waals surface area (Å²) in [5.74, 6) is -0.394. The summed E-state index contributed by atoms with van der Waals surface area (Å²) < 4.78 is 11.4. The monoisotopic (exact) mass is 537 g/mol. The van der Waals surface area contributed by atoms with Crippen molar-refractivity contribution in [2.75, 3.05) is 11.9 Å². The Morgan fingerprint density at radius 2 is 1.79 bits per heavy atom. The Bertz CT molecular complexity index is 1280. The third-order valence-corrected chi connectivity index (χ3v) is 6.28. The van der Waals surface area contributed by atoms with Crippen molar-refractivity contribution < 1.29 is 34.7 Å². The van der Waals surface area contributed by atoms with Gasteiger partial charge in [0.05, 0.1) is 6.61 Å². The summed E-state index contributed by atoms with van der Waals surface area (Å²) in [5, 5.41) is 54.0. The van der Waals surface area contributed by atoms with E-state index in [0.717, 1.165) is 5.56 Å². The van der Waals surface area contributed by atoms with Gasteiger partial charge in [-0.3, -0.25) is 15.2 Å². The fourth-order valence-corrected chi connectivity index (χ4v) is 4.14. The Labute approximate surface area is 224 Å². The predicted molar refractivity (Wildman–Crippen MR) is 141 cm³/mol. The second kappa shape index (κ2) is 12.7. The van der Waals surface area contributed by atoms with Crippen LogP contribution in [0, 0.1) is 5.41 Å². The number of carbonyl (C=O) groups excluding carboxylic acids is 1. The molecule has 3 aromatic rings. The molecule has 1 aromatic heterocycles. The minimum absolute atomic E-state index is 0.135. The summed E-state index contributed by atoms with van der Waals surface area (Å²) in [7, 11) is 0. The highest BCUT2D eigenvalue weighted by Crippen LogP contribution is 2.32. The van der Waals surface area contributed by atoms with Gasteiger partial charge in [0, 0.05) is 35.8 Å². The highest BCUT2D eigenvalue weighted by Gasteiger charge is 2.45. The first-order chi connectivity index (χ1) is 18.8. The number of amidine groups is 1. The molecule has 1 aliphatic rings. The van der Waals surface area contributed by atoms with Gasteiger partial charge in [0.2, 0.25) is 12.2 Å². The summed E-state index contributed by atoms with van der Waals surface area (Å²) >= 11 is 0. The molecule has 0 bridgehead atoms. The fourth-order valence-electron chi connectivity index (χ4n) is 4.14. The van der Waals surface area contributed by atoms with Gasteiger partial charge in [-0.1, -0.05) is 30.3 Å². The van der Waals surface area contributed by atoms with Gasteiger partial charge >= 0.3 is 0 Å². The maximum absolute atomic E-state index is 13.5. The van der Waals surface area contributed by atoms with E-state index in [0.29, 0.717) is 16.8 Å². The number of benzene rings is 2. The van der Waals surface area contributed by atoms with Gasteiger partial charge in [-0.25, -0.2) is 0 Å². The zero-order valence-electron chi connectivity index (χ0n) is 20.8. The molecule has 1 saturated heterocycles. The molecule has 6 unspecified atom stereocenters. The number of nitrogens with zero attached hydrogens (tertiary/aromatic N) is 1. The molecule has 6 atom stereocenters. The van der Waals surface area contributed by atoms with Crippen LogP contribution in [-0.4, -0.2) is 74.5 Å². The quantitative estimate of drug-likeness (QED) is 0.129. The van der Waals surface area contributed by atoms with E-state index in [9.17, 15) is 25.2 Å². The lowest BCUT2D eigenvalue weighted by Gasteiger charge is -2.39. The van der Waals surface area contributed by atoms with Gasteiger partial charge in [-0.15, -0.1) is 0 Å². The van der Waals surface area contributed by atoms with Crippen LogP contribution in [0.5, 0.6) is 5.75 Å². The van der Waals surface area contributed by atoms with Crippen LogP contribution in [0.4, 0.5) is 5.69 Å². The van der Waals surface area contributed by atoms with Crippen molar-refractivity contribution in [3.8, 4) is 5.75 Å². The minimum atomic E-state index is -1.63. The fraction of sp³-hybridized carbons (Fsp3) is 0.296. The molecular weight excluding hydrogens is 506 g/mol. The van der Waals surface area contributed by atoms with Crippen LogP contribution in [0.15, 0.2) is 73.1 Å². The maximum Gasteiger partial charge on any atom is 0.247 e. The molecule has 1 fully saturated rings. The number of nitrogens with two attached hydrogens (primary N) is 1. The predicted octanol–water partition coefficient (Wildman–Crippen LogP) is 0.0140. The van der Waals surface area contributed by atoms with E-state index >= 15 is 0 Å². The van der Waals surface area contributed by atoms with Crippen LogP contribution in [0.2, 0.25) is 0 Å². The van der Waals surface area contributed by atoms with Gasteiger partial charge in [0.25, 0.3) is 0 Å². The number of aliphatic hydroxyl groups is 4. The lowest BCUT2D eigenvalue weighted by Crippen LogP contribution is -2.60. The molecule has 12 heteroatoms. The number of para-hydroxylation sites is 1. The SMILES string of the molecule is N=C(N)c1cccc(NC(C(=O)NCc2ccncc2)c2ccccc2OC2OC(CO)C(O)C(O)C2O)c1. The molecule has 4 rings (SSSR count). The van der Waals surface area contributed by atoms with Crippen molar-refractivity contribution in [1.29, 1.82) is 5.41 Å². The number of amides is 1. The third kappa shape index (κ3) is 6.69. The molecule has 0 aliphatic carbocycles. The summed E-state index contributed by atoms with van der Waals surface area (Å²) in [5.41, 5.74) is 7.81. The number of ether oxygens (including phenoxy) is 2. The second-order valence-corrected chi connectivity index (χ2v) is 9.00. The Balaban J connectivity index is 1.64. The number of aromatic nitrogens is 1. The number of rotatable bonds is 10. The average molecular weight is 538 g/mol. The number of hydrogen-bond donors (Lipinski definition) is 8. The van der Waals surface area contributed by atoms with E-state index in [1.807, 2.05) is 0 Å². The molecule has 0 spiro atoms. The summed E-state index contributed by atoms with van der Waals surface area (Å²) in [4.78, 5) is 17.5. The third-order valence-electron chi connectivity index (χ3n) is 6.28. The van der Waals surface area contributed by atoms with E-state index in [1.54, 1.807) is 73.1 Å². The molecule has 206 valence electrons. The maximum atomic E-state index is 13.5. The van der Waals surface area contributed by atoms with E-state index in [2.05, 4.69) is 15.6 Å². The standard InChI is InChI=1S/C27H31N5O7/c28-25(29)16-4-3-5-17(12-16)32-21(26(37)31-13-15-8-10-30-11-9-15)18-6-1-2-7-19(18)38-27-24(36)23(35)22(34)20(14-33)39-27/h1-12,20-24,27,32-36H,13-14H2,(H3,28,29)(H,31,37). The molecule has 2 aromatic carbocycles. The summed E-state index contributed by atoms with van der Waals surface area (Å²) in [6.07, 6.45) is -4.16. The number of nitrogen functional groups attached to an aromatic ring is 1. The van der Waals surface area contributed by atoms with Crippen molar-refractivity contribution in [3.05, 3.63) is 89.7 Å². The molecule has 2 heterocycles. The molecule has 12 nitrogen and oxygen atoms in total. The van der Waals surface area contributed by atoms with E-state index in [4.69, 9.17) is 20.6 Å². The van der Waals surface area contributed by atoms with Crippen LogP contribution >= 0.6 is 0 Å². The van der Waals surface area contributed by atoms with Crippen LogP contribution in [0.1, 0.15) is 22.7 Å². The smallest absolute Gasteiger partial charge is 0.247 e. The van der Waals surface area contributed by atoms with E-state index in [1.165, 1.54) is 0 Å². The van der Waals surface area contributed by atoms with Gasteiger partial charge in [-0.05, 0) is 35.9 Å². The van der Waals surface area contributed by atoms with Gasteiger partial charge in [0.15, 0.2) is 0 Å². The molecule has 1 amide bonds. The largest absolute Gasteiger partial charge is 0.462 e. The first-order valence-electron chi connectivity index (χ1n) is 12.2. The Kier molecular flexibility index (Phi) is 9.07. The van der Waals surface area contributed by atoms with Gasteiger partial charge in [0.1, 0.15) is 42.0 Å². The second-order valence-electron chi connectivity index (χ2n) is 9.00. The van der Waals surface area contributed by atoms with Crippen molar-refractivity contribution in [2.45, 2.75) is 43.3 Å². The number of hydrogen-bond acceptors (Lipinski definition) is 10. The van der Waals surface area contributed by atoms with E-state index < -0.39 is 49.3 Å². The first-order valence-corrected chi connectivity index (χ1v) is 12.2. The highest BCUT2D eigenvalue weighted by molar-refractivity contribution is 5.96. The minimum Gasteiger partial charge on any atom is -0.462 e. The molecule has 0 radical (unpaired) electrons. The summed E-state index contributed by atoms with van der Waals surface area (Å²) in [6, 6.07) is 15.8. The van der Waals surface area contributed by atoms with Crippen molar-refractivity contribution >= 4 is 17.4 Å². The zero-order valence-corrected chi connectivity index (χ0v) is 20.8. The number of aliphatic hydroxyl groups excluding tert-OH is 4. The normalized spacial score (nSPS) is 23.4. The van der Waals surface area contributed by atoms with Crippen LogP contribution in [0.3, 0.4) is 0 Å². The van der Waals surface area contributed by atoms with Crippen molar-refractivity contribution in [3.63, 3.8) is 0 Å². The lowest BCUT2D eigenvalue weighted by atomic mass is 9.99. The van der Waals surface area contributed by atoms with Crippen LogP contribution in [-0.2, 0) is 16.1 Å². The lowest BCUT2D eigenvalue weighted by molar-refractivity contribution is -0.277. The number of anilines is 1. The molecule has 1 aliphatic heterocycles. The molecular formula is C27H31N5O7.